The summed E-state index contributed by atoms with van der Waals surface area (Å²) in [6.45, 7) is 4.39. The SMILES string of the molecule is CC(=O)NC(Cc1c[nH]c2cc(F)ccc12)C(=O)NC(C)C(C)C(=O)O. The number of aromatic nitrogens is 1. The number of benzene rings is 1. The molecule has 0 saturated heterocycles. The Morgan fingerprint density at radius 2 is 1.92 bits per heavy atom. The van der Waals surface area contributed by atoms with Crippen molar-refractivity contribution in [3.8, 4) is 0 Å². The van der Waals surface area contributed by atoms with Crippen molar-refractivity contribution in [2.24, 2.45) is 5.92 Å². The van der Waals surface area contributed by atoms with E-state index in [4.69, 9.17) is 5.11 Å². The van der Waals surface area contributed by atoms with Gasteiger partial charge >= 0.3 is 5.97 Å². The summed E-state index contributed by atoms with van der Waals surface area (Å²) in [5.41, 5.74) is 1.34. The van der Waals surface area contributed by atoms with Crippen LogP contribution in [0.5, 0.6) is 0 Å². The molecule has 2 amide bonds. The first kappa shape index (κ1) is 19.4. The number of nitrogens with one attached hydrogen (secondary N) is 3. The second-order valence-corrected chi connectivity index (χ2v) is 6.39. The van der Waals surface area contributed by atoms with Crippen molar-refractivity contribution in [3.05, 3.63) is 35.8 Å². The monoisotopic (exact) mass is 363 g/mol. The van der Waals surface area contributed by atoms with Gasteiger partial charge < -0.3 is 20.7 Å². The van der Waals surface area contributed by atoms with Crippen LogP contribution in [0.3, 0.4) is 0 Å². The van der Waals surface area contributed by atoms with Crippen molar-refractivity contribution >= 4 is 28.7 Å². The van der Waals surface area contributed by atoms with Crippen LogP contribution in [0.25, 0.3) is 10.9 Å². The summed E-state index contributed by atoms with van der Waals surface area (Å²) >= 11 is 0. The smallest absolute Gasteiger partial charge is 0.308 e. The normalized spacial score (nSPS) is 14.5. The lowest BCUT2D eigenvalue weighted by atomic mass is 10.0. The Labute approximate surface area is 150 Å². The van der Waals surface area contributed by atoms with E-state index >= 15 is 0 Å². The van der Waals surface area contributed by atoms with Crippen LogP contribution in [-0.2, 0) is 20.8 Å². The van der Waals surface area contributed by atoms with Crippen LogP contribution in [0.15, 0.2) is 24.4 Å². The topological polar surface area (TPSA) is 111 Å². The number of hydrogen-bond donors (Lipinski definition) is 4. The van der Waals surface area contributed by atoms with E-state index in [0.717, 1.165) is 10.9 Å². The van der Waals surface area contributed by atoms with Gasteiger partial charge in [0, 0.05) is 36.5 Å². The summed E-state index contributed by atoms with van der Waals surface area (Å²) in [5.74, 6) is -3.02. The highest BCUT2D eigenvalue weighted by Crippen LogP contribution is 2.20. The Kier molecular flexibility index (Phi) is 5.97. The number of H-pyrrole nitrogens is 1. The molecule has 1 aromatic carbocycles. The number of carboxylic acid groups (broad SMARTS) is 1. The van der Waals surface area contributed by atoms with E-state index in [9.17, 15) is 18.8 Å². The molecule has 0 bridgehead atoms. The average molecular weight is 363 g/mol. The lowest BCUT2D eigenvalue weighted by molar-refractivity contribution is -0.142. The van der Waals surface area contributed by atoms with Gasteiger partial charge in [0.15, 0.2) is 0 Å². The fraction of sp³-hybridized carbons (Fsp3) is 0.389. The predicted molar refractivity (Wildman–Crippen MR) is 94.0 cm³/mol. The fourth-order valence-corrected chi connectivity index (χ4v) is 2.67. The summed E-state index contributed by atoms with van der Waals surface area (Å²) < 4.78 is 13.3. The highest BCUT2D eigenvalue weighted by atomic mass is 19.1. The van der Waals surface area contributed by atoms with Crippen molar-refractivity contribution in [1.82, 2.24) is 15.6 Å². The van der Waals surface area contributed by atoms with Gasteiger partial charge in [-0.2, -0.15) is 0 Å². The number of carbonyl (C=O) groups is 3. The largest absolute Gasteiger partial charge is 0.481 e. The van der Waals surface area contributed by atoms with Gasteiger partial charge in [-0.1, -0.05) is 0 Å². The highest BCUT2D eigenvalue weighted by Gasteiger charge is 2.26. The third kappa shape index (κ3) is 4.59. The van der Waals surface area contributed by atoms with E-state index < -0.39 is 29.9 Å². The van der Waals surface area contributed by atoms with Gasteiger partial charge in [-0.3, -0.25) is 14.4 Å². The van der Waals surface area contributed by atoms with Gasteiger partial charge in [0.1, 0.15) is 11.9 Å². The third-order valence-electron chi connectivity index (χ3n) is 4.36. The molecule has 0 radical (unpaired) electrons. The zero-order chi connectivity index (χ0) is 19.4. The number of halogens is 1. The van der Waals surface area contributed by atoms with Gasteiger partial charge in [-0.15, -0.1) is 0 Å². The van der Waals surface area contributed by atoms with Gasteiger partial charge in [-0.25, -0.2) is 4.39 Å². The van der Waals surface area contributed by atoms with E-state index in [1.165, 1.54) is 26.0 Å². The minimum atomic E-state index is -1.02. The minimum Gasteiger partial charge on any atom is -0.481 e. The van der Waals surface area contributed by atoms with E-state index in [1.54, 1.807) is 19.2 Å². The van der Waals surface area contributed by atoms with Crippen molar-refractivity contribution in [2.45, 2.75) is 39.3 Å². The number of aliphatic carboxylic acids is 1. The number of rotatable bonds is 7. The molecule has 3 atom stereocenters. The van der Waals surface area contributed by atoms with E-state index in [0.29, 0.717) is 5.52 Å². The molecule has 0 fully saturated rings. The molecule has 2 aromatic rings. The van der Waals surface area contributed by atoms with Gasteiger partial charge in [0.25, 0.3) is 0 Å². The first-order valence-corrected chi connectivity index (χ1v) is 8.24. The van der Waals surface area contributed by atoms with Crippen LogP contribution < -0.4 is 10.6 Å². The van der Waals surface area contributed by atoms with Crippen molar-refractivity contribution in [2.75, 3.05) is 0 Å². The summed E-state index contributed by atoms with van der Waals surface area (Å²) in [5, 5.41) is 15.0. The molecule has 8 heteroatoms. The molecule has 1 heterocycles. The van der Waals surface area contributed by atoms with Crippen molar-refractivity contribution < 1.29 is 23.9 Å². The van der Waals surface area contributed by atoms with E-state index in [-0.39, 0.29) is 18.1 Å². The standard InChI is InChI=1S/C18H22FN3O4/c1-9(18(25)26)10(2)21-17(24)16(22-11(3)23)6-12-8-20-15-7-13(19)4-5-14(12)15/h4-5,7-10,16,20H,6H2,1-3H3,(H,21,24)(H,22,23)(H,25,26). The minimum absolute atomic E-state index is 0.186. The molecule has 0 aliphatic rings. The second-order valence-electron chi connectivity index (χ2n) is 6.39. The Morgan fingerprint density at radius 3 is 2.54 bits per heavy atom. The molecule has 0 spiro atoms. The number of hydrogen-bond acceptors (Lipinski definition) is 3. The fourth-order valence-electron chi connectivity index (χ4n) is 2.67. The molecule has 3 unspecified atom stereocenters. The van der Waals surface area contributed by atoms with Crippen LogP contribution in [0.2, 0.25) is 0 Å². The summed E-state index contributed by atoms with van der Waals surface area (Å²) in [6, 6.07) is 2.80. The van der Waals surface area contributed by atoms with Gasteiger partial charge in [0.2, 0.25) is 11.8 Å². The van der Waals surface area contributed by atoms with Crippen LogP contribution >= 0.6 is 0 Å². The Morgan fingerprint density at radius 1 is 1.23 bits per heavy atom. The Bertz CT molecular complexity index is 833. The van der Waals surface area contributed by atoms with Gasteiger partial charge in [-0.05, 0) is 37.6 Å². The molecule has 0 saturated carbocycles. The van der Waals surface area contributed by atoms with Crippen molar-refractivity contribution in [3.63, 3.8) is 0 Å². The molecule has 4 N–H and O–H groups in total. The van der Waals surface area contributed by atoms with Crippen LogP contribution in [0.1, 0.15) is 26.3 Å². The number of carboxylic acids is 1. The predicted octanol–water partition coefficient (Wildman–Crippen LogP) is 1.58. The molecule has 0 aliphatic heterocycles. The lowest BCUT2D eigenvalue weighted by Crippen LogP contribution is -2.51. The van der Waals surface area contributed by atoms with Crippen LogP contribution in [0, 0.1) is 11.7 Å². The van der Waals surface area contributed by atoms with E-state index in [1.807, 2.05) is 0 Å². The number of amides is 2. The van der Waals surface area contributed by atoms with Crippen LogP contribution in [0.4, 0.5) is 4.39 Å². The maximum atomic E-state index is 13.3. The first-order valence-electron chi connectivity index (χ1n) is 8.24. The Hall–Kier alpha value is -2.90. The number of carbonyl (C=O) groups excluding carboxylic acids is 2. The summed E-state index contributed by atoms with van der Waals surface area (Å²) in [7, 11) is 0. The number of aromatic amines is 1. The maximum absolute atomic E-state index is 13.3. The first-order chi connectivity index (χ1) is 12.2. The molecule has 26 heavy (non-hydrogen) atoms. The Balaban J connectivity index is 2.19. The molecule has 140 valence electrons. The molecular weight excluding hydrogens is 341 g/mol. The highest BCUT2D eigenvalue weighted by molar-refractivity contribution is 5.89. The van der Waals surface area contributed by atoms with Gasteiger partial charge in [0.05, 0.1) is 5.92 Å². The lowest BCUT2D eigenvalue weighted by Gasteiger charge is -2.22. The third-order valence-corrected chi connectivity index (χ3v) is 4.36. The van der Waals surface area contributed by atoms with Crippen LogP contribution in [-0.4, -0.2) is 40.0 Å². The maximum Gasteiger partial charge on any atom is 0.308 e. The summed E-state index contributed by atoms with van der Waals surface area (Å²) in [6.07, 6.45) is 1.85. The summed E-state index contributed by atoms with van der Waals surface area (Å²) in [4.78, 5) is 38.0. The molecule has 1 aromatic heterocycles. The quantitative estimate of drug-likeness (QED) is 0.598. The zero-order valence-corrected chi connectivity index (χ0v) is 14.8. The molecule has 2 rings (SSSR count). The second kappa shape index (κ2) is 7.99. The number of fused-ring (bicyclic) bond motifs is 1. The zero-order valence-electron chi connectivity index (χ0n) is 14.8. The molecule has 0 aliphatic carbocycles. The molecule has 7 nitrogen and oxygen atoms in total. The van der Waals surface area contributed by atoms with Crippen molar-refractivity contribution in [1.29, 1.82) is 0 Å². The average Bonchev–Trinajstić information content (AvgIpc) is 2.94. The molecular formula is C18H22FN3O4. The van der Waals surface area contributed by atoms with E-state index in [2.05, 4.69) is 15.6 Å².